The van der Waals surface area contributed by atoms with Crippen molar-refractivity contribution in [2.75, 3.05) is 44.2 Å². The van der Waals surface area contributed by atoms with E-state index in [-0.39, 0.29) is 5.78 Å². The molecule has 3 rings (SSSR count). The van der Waals surface area contributed by atoms with Crippen molar-refractivity contribution < 1.29 is 17.6 Å². The van der Waals surface area contributed by atoms with Gasteiger partial charge in [-0.2, -0.15) is 17.0 Å². The number of benzene rings is 1. The summed E-state index contributed by atoms with van der Waals surface area (Å²) < 4.78 is 43.1. The molecular formula is C18H26FN3O3S. The topological polar surface area (TPSA) is 60.9 Å². The minimum absolute atomic E-state index is 0.179. The highest BCUT2D eigenvalue weighted by atomic mass is 32.2. The summed E-state index contributed by atoms with van der Waals surface area (Å²) >= 11 is 0. The maximum atomic E-state index is 14.3. The first kappa shape index (κ1) is 19.3. The smallest absolute Gasteiger partial charge is 0.282 e. The van der Waals surface area contributed by atoms with Crippen molar-refractivity contribution in [3.8, 4) is 0 Å². The summed E-state index contributed by atoms with van der Waals surface area (Å²) in [5.41, 5.74) is 0.755. The Morgan fingerprint density at radius 3 is 2.38 bits per heavy atom. The minimum Gasteiger partial charge on any atom is -0.367 e. The van der Waals surface area contributed by atoms with E-state index in [9.17, 15) is 17.6 Å². The van der Waals surface area contributed by atoms with Crippen LogP contribution in [-0.2, 0) is 10.2 Å². The van der Waals surface area contributed by atoms with Crippen molar-refractivity contribution in [3.05, 3.63) is 29.6 Å². The third-order valence-corrected chi connectivity index (χ3v) is 7.21. The van der Waals surface area contributed by atoms with Crippen LogP contribution in [0.15, 0.2) is 18.2 Å². The van der Waals surface area contributed by atoms with Crippen LogP contribution < -0.4 is 4.90 Å². The normalized spacial score (nSPS) is 23.2. The van der Waals surface area contributed by atoms with Gasteiger partial charge >= 0.3 is 0 Å². The second kappa shape index (κ2) is 7.62. The Kier molecular flexibility index (Phi) is 5.64. The number of halogens is 1. The second-order valence-corrected chi connectivity index (χ2v) is 9.15. The lowest BCUT2D eigenvalue weighted by Gasteiger charge is -2.39. The highest BCUT2D eigenvalue weighted by molar-refractivity contribution is 7.86. The Morgan fingerprint density at radius 1 is 1.12 bits per heavy atom. The van der Waals surface area contributed by atoms with Gasteiger partial charge in [0.2, 0.25) is 0 Å². The van der Waals surface area contributed by atoms with E-state index in [2.05, 4.69) is 6.92 Å². The second-order valence-electron chi connectivity index (χ2n) is 7.22. The molecule has 0 N–H and O–H groups in total. The molecule has 0 radical (unpaired) electrons. The molecule has 2 aliphatic rings. The fourth-order valence-electron chi connectivity index (χ4n) is 3.66. The molecule has 1 aromatic carbocycles. The molecule has 0 aromatic heterocycles. The van der Waals surface area contributed by atoms with Gasteiger partial charge in [-0.15, -0.1) is 0 Å². The molecule has 2 aliphatic heterocycles. The molecule has 144 valence electrons. The Morgan fingerprint density at radius 2 is 1.81 bits per heavy atom. The van der Waals surface area contributed by atoms with Gasteiger partial charge in [-0.05, 0) is 43.9 Å². The van der Waals surface area contributed by atoms with Gasteiger partial charge in [0.25, 0.3) is 10.2 Å². The molecule has 1 atom stereocenters. The lowest BCUT2D eigenvalue weighted by molar-refractivity contribution is 0.101. The number of hydrogen-bond donors (Lipinski definition) is 0. The van der Waals surface area contributed by atoms with Crippen molar-refractivity contribution in [2.45, 2.75) is 26.7 Å². The van der Waals surface area contributed by atoms with Crippen molar-refractivity contribution in [2.24, 2.45) is 5.92 Å². The van der Waals surface area contributed by atoms with Crippen LogP contribution in [0, 0.1) is 11.7 Å². The molecule has 26 heavy (non-hydrogen) atoms. The number of anilines is 1. The van der Waals surface area contributed by atoms with E-state index in [0.717, 1.165) is 12.8 Å². The first-order chi connectivity index (χ1) is 12.3. The van der Waals surface area contributed by atoms with Gasteiger partial charge in [-0.1, -0.05) is 6.92 Å². The zero-order valence-electron chi connectivity index (χ0n) is 15.3. The predicted molar refractivity (Wildman–Crippen MR) is 99.1 cm³/mol. The first-order valence-corrected chi connectivity index (χ1v) is 10.5. The lowest BCUT2D eigenvalue weighted by Crippen LogP contribution is -2.54. The minimum atomic E-state index is -3.45. The third-order valence-electron chi connectivity index (χ3n) is 5.21. The summed E-state index contributed by atoms with van der Waals surface area (Å²) in [7, 11) is -3.45. The standard InChI is InChI=1S/C18H26FN3O3S/c1-14-4-3-7-22(13-14)26(24,25)21-10-8-20(9-11-21)18-6-5-16(15(2)23)12-17(18)19/h5-6,12,14H,3-4,7-11,13H2,1-2H3/t14-/m1/s1. The Bertz CT molecular complexity index is 776. The van der Waals surface area contributed by atoms with Crippen LogP contribution in [0.3, 0.4) is 0 Å². The third kappa shape index (κ3) is 3.92. The molecule has 0 saturated carbocycles. The van der Waals surface area contributed by atoms with E-state index in [1.54, 1.807) is 16.4 Å². The van der Waals surface area contributed by atoms with Crippen molar-refractivity contribution in [1.82, 2.24) is 8.61 Å². The number of piperazine rings is 1. The fraction of sp³-hybridized carbons (Fsp3) is 0.611. The van der Waals surface area contributed by atoms with Gasteiger partial charge in [-0.3, -0.25) is 4.79 Å². The molecule has 8 heteroatoms. The van der Waals surface area contributed by atoms with E-state index in [1.165, 1.54) is 17.3 Å². The van der Waals surface area contributed by atoms with Gasteiger partial charge in [0, 0.05) is 44.8 Å². The number of rotatable bonds is 4. The number of carbonyl (C=O) groups excluding carboxylic acids is 1. The van der Waals surface area contributed by atoms with Crippen LogP contribution in [0.5, 0.6) is 0 Å². The number of piperidine rings is 1. The van der Waals surface area contributed by atoms with E-state index in [1.807, 2.05) is 4.90 Å². The van der Waals surface area contributed by atoms with Crippen LogP contribution in [0.25, 0.3) is 0 Å². The maximum Gasteiger partial charge on any atom is 0.282 e. The molecular weight excluding hydrogens is 357 g/mol. The Hall–Kier alpha value is -1.51. The summed E-state index contributed by atoms with van der Waals surface area (Å²) in [5.74, 6) is -0.241. The van der Waals surface area contributed by atoms with Crippen LogP contribution in [-0.4, -0.2) is 62.1 Å². The number of nitrogens with zero attached hydrogens (tertiary/aromatic N) is 3. The van der Waals surface area contributed by atoms with E-state index in [4.69, 9.17) is 0 Å². The average Bonchev–Trinajstić information content (AvgIpc) is 2.61. The molecule has 0 spiro atoms. The van der Waals surface area contributed by atoms with E-state index in [0.29, 0.717) is 56.4 Å². The summed E-state index contributed by atoms with van der Waals surface area (Å²) in [5, 5.41) is 0. The summed E-state index contributed by atoms with van der Waals surface area (Å²) in [4.78, 5) is 13.2. The summed E-state index contributed by atoms with van der Waals surface area (Å²) in [6.45, 7) is 6.16. The monoisotopic (exact) mass is 383 g/mol. The van der Waals surface area contributed by atoms with Gasteiger partial charge in [0.15, 0.2) is 5.78 Å². The van der Waals surface area contributed by atoms with Crippen LogP contribution in [0.2, 0.25) is 0 Å². The van der Waals surface area contributed by atoms with Crippen LogP contribution in [0.4, 0.5) is 10.1 Å². The van der Waals surface area contributed by atoms with E-state index >= 15 is 0 Å². The Labute approximate surface area is 154 Å². The molecule has 0 amide bonds. The lowest BCUT2D eigenvalue weighted by atomic mass is 10.0. The number of carbonyl (C=O) groups is 1. The number of hydrogen-bond acceptors (Lipinski definition) is 4. The molecule has 0 bridgehead atoms. The van der Waals surface area contributed by atoms with Gasteiger partial charge < -0.3 is 4.90 Å². The quantitative estimate of drug-likeness (QED) is 0.748. The SMILES string of the molecule is CC(=O)c1ccc(N2CCN(S(=O)(=O)N3CCC[C@@H](C)C3)CC2)c(F)c1. The predicted octanol–water partition coefficient (Wildman–Crippen LogP) is 2.13. The molecule has 6 nitrogen and oxygen atoms in total. The summed E-state index contributed by atoms with van der Waals surface area (Å²) in [6.07, 6.45) is 1.96. The maximum absolute atomic E-state index is 14.3. The van der Waals surface area contributed by atoms with Crippen LogP contribution in [0.1, 0.15) is 37.0 Å². The van der Waals surface area contributed by atoms with E-state index < -0.39 is 16.0 Å². The van der Waals surface area contributed by atoms with Crippen LogP contribution >= 0.6 is 0 Å². The fourth-order valence-corrected chi connectivity index (χ4v) is 5.42. The zero-order chi connectivity index (χ0) is 18.9. The average molecular weight is 383 g/mol. The summed E-state index contributed by atoms with van der Waals surface area (Å²) in [6, 6.07) is 4.46. The van der Waals surface area contributed by atoms with Crippen molar-refractivity contribution >= 4 is 21.7 Å². The van der Waals surface area contributed by atoms with Gasteiger partial charge in [-0.25, -0.2) is 4.39 Å². The van der Waals surface area contributed by atoms with Crippen molar-refractivity contribution in [1.29, 1.82) is 0 Å². The molecule has 0 aliphatic carbocycles. The zero-order valence-corrected chi connectivity index (χ0v) is 16.1. The molecule has 0 unspecified atom stereocenters. The van der Waals surface area contributed by atoms with Gasteiger partial charge in [0.05, 0.1) is 5.69 Å². The number of Topliss-reactive ketones (excluding diaryl/α,β-unsaturated/α-hetero) is 1. The van der Waals surface area contributed by atoms with Gasteiger partial charge in [0.1, 0.15) is 5.82 Å². The molecule has 2 saturated heterocycles. The number of ketones is 1. The first-order valence-electron chi connectivity index (χ1n) is 9.09. The molecule has 2 fully saturated rings. The molecule has 2 heterocycles. The Balaban J connectivity index is 1.66. The highest BCUT2D eigenvalue weighted by Gasteiger charge is 2.34. The van der Waals surface area contributed by atoms with Crippen molar-refractivity contribution in [3.63, 3.8) is 0 Å². The highest BCUT2D eigenvalue weighted by Crippen LogP contribution is 2.25. The molecule has 1 aromatic rings. The largest absolute Gasteiger partial charge is 0.367 e.